The summed E-state index contributed by atoms with van der Waals surface area (Å²) < 4.78 is 19.4. The Morgan fingerprint density at radius 1 is 1.38 bits per heavy atom. The van der Waals surface area contributed by atoms with Crippen LogP contribution < -0.4 is 5.32 Å². The van der Waals surface area contributed by atoms with Crippen LogP contribution in [0.5, 0.6) is 0 Å². The Bertz CT molecular complexity index is 381. The molecule has 1 N–H and O–H groups in total. The lowest BCUT2D eigenvalue weighted by molar-refractivity contribution is -0.00395. The van der Waals surface area contributed by atoms with Crippen molar-refractivity contribution >= 4 is 13.5 Å². The summed E-state index contributed by atoms with van der Waals surface area (Å²) in [6, 6.07) is 5.62. The van der Waals surface area contributed by atoms with Crippen molar-refractivity contribution in [1.82, 2.24) is 5.32 Å². The molecule has 3 rings (SSSR count). The second-order valence-corrected chi connectivity index (χ2v) is 4.20. The van der Waals surface area contributed by atoms with Gasteiger partial charge < -0.3 is 10.1 Å². The summed E-state index contributed by atoms with van der Waals surface area (Å²) in [6.45, 7) is 1.73. The molecule has 16 heavy (non-hydrogen) atoms. The summed E-state index contributed by atoms with van der Waals surface area (Å²) in [7, 11) is 0. The maximum Gasteiger partial charge on any atom is 0.129 e. The third kappa shape index (κ3) is 1.85. The van der Waals surface area contributed by atoms with Crippen LogP contribution in [-0.2, 0) is 11.2 Å². The van der Waals surface area contributed by atoms with Crippen LogP contribution in [0.1, 0.15) is 23.7 Å². The van der Waals surface area contributed by atoms with Gasteiger partial charge in [-0.25, -0.2) is 4.39 Å². The molecule has 0 bridgehead atoms. The molecule has 1 saturated heterocycles. The van der Waals surface area contributed by atoms with Crippen LogP contribution >= 0.6 is 13.5 Å². The SMILES string of the molecule is Fc1cccc2c1C(C1CCN1)OCC2.S. The molecule has 2 unspecified atom stereocenters. The van der Waals surface area contributed by atoms with Gasteiger partial charge in [-0.05, 0) is 31.0 Å². The first-order chi connectivity index (χ1) is 7.36. The minimum absolute atomic E-state index is 0. The first-order valence-electron chi connectivity index (χ1n) is 5.48. The zero-order valence-electron chi connectivity index (χ0n) is 9.00. The van der Waals surface area contributed by atoms with Crippen LogP contribution in [0.2, 0.25) is 0 Å². The van der Waals surface area contributed by atoms with Gasteiger partial charge in [0.1, 0.15) is 11.9 Å². The van der Waals surface area contributed by atoms with Crippen LogP contribution in [0.25, 0.3) is 0 Å². The fourth-order valence-corrected chi connectivity index (χ4v) is 2.38. The molecule has 0 spiro atoms. The second kappa shape index (κ2) is 4.73. The zero-order chi connectivity index (χ0) is 10.3. The van der Waals surface area contributed by atoms with E-state index in [-0.39, 0.29) is 25.4 Å². The highest BCUT2D eigenvalue weighted by Crippen LogP contribution is 2.34. The average Bonchev–Trinajstić information content (AvgIpc) is 2.15. The van der Waals surface area contributed by atoms with E-state index < -0.39 is 0 Å². The smallest absolute Gasteiger partial charge is 0.129 e. The molecule has 0 amide bonds. The highest BCUT2D eigenvalue weighted by molar-refractivity contribution is 7.59. The first-order valence-corrected chi connectivity index (χ1v) is 5.48. The molecular weight excluding hydrogens is 225 g/mol. The molecule has 4 heteroatoms. The molecule has 88 valence electrons. The minimum atomic E-state index is -0.120. The van der Waals surface area contributed by atoms with Crippen molar-refractivity contribution in [2.24, 2.45) is 0 Å². The quantitative estimate of drug-likeness (QED) is 0.811. The zero-order valence-corrected chi connectivity index (χ0v) is 10.0. The Morgan fingerprint density at radius 3 is 2.88 bits per heavy atom. The molecule has 0 radical (unpaired) electrons. The number of halogens is 1. The molecule has 2 aliphatic heterocycles. The van der Waals surface area contributed by atoms with Gasteiger partial charge in [0, 0.05) is 11.6 Å². The Hall–Kier alpha value is -0.580. The van der Waals surface area contributed by atoms with Gasteiger partial charge >= 0.3 is 0 Å². The fourth-order valence-electron chi connectivity index (χ4n) is 2.38. The van der Waals surface area contributed by atoms with Crippen LogP contribution in [0.15, 0.2) is 18.2 Å². The number of rotatable bonds is 1. The summed E-state index contributed by atoms with van der Waals surface area (Å²) in [6.07, 6.45) is 1.83. The van der Waals surface area contributed by atoms with E-state index in [1.807, 2.05) is 6.07 Å². The average molecular weight is 241 g/mol. The molecule has 2 atom stereocenters. The summed E-state index contributed by atoms with van der Waals surface area (Å²) in [4.78, 5) is 0. The topological polar surface area (TPSA) is 21.3 Å². The van der Waals surface area contributed by atoms with E-state index in [0.29, 0.717) is 12.6 Å². The fraction of sp³-hybridized carbons (Fsp3) is 0.500. The van der Waals surface area contributed by atoms with Crippen molar-refractivity contribution < 1.29 is 9.13 Å². The molecule has 0 saturated carbocycles. The van der Waals surface area contributed by atoms with Crippen LogP contribution in [0.4, 0.5) is 4.39 Å². The van der Waals surface area contributed by atoms with E-state index in [9.17, 15) is 4.39 Å². The normalized spacial score (nSPS) is 27.6. The van der Waals surface area contributed by atoms with Crippen LogP contribution in [0, 0.1) is 5.82 Å². The third-order valence-corrected chi connectivity index (χ3v) is 3.32. The Morgan fingerprint density at radius 2 is 2.19 bits per heavy atom. The summed E-state index contributed by atoms with van der Waals surface area (Å²) >= 11 is 0. The van der Waals surface area contributed by atoms with Gasteiger partial charge in [0.25, 0.3) is 0 Å². The molecular formula is C12H16FNOS. The molecule has 1 fully saturated rings. The predicted octanol–water partition coefficient (Wildman–Crippen LogP) is 1.91. The third-order valence-electron chi connectivity index (χ3n) is 3.32. The van der Waals surface area contributed by atoms with E-state index in [1.165, 1.54) is 6.07 Å². The summed E-state index contributed by atoms with van der Waals surface area (Å²) in [5.74, 6) is -0.120. The van der Waals surface area contributed by atoms with Crippen molar-refractivity contribution in [2.75, 3.05) is 13.2 Å². The van der Waals surface area contributed by atoms with Gasteiger partial charge in [0.15, 0.2) is 0 Å². The monoisotopic (exact) mass is 241 g/mol. The van der Waals surface area contributed by atoms with E-state index in [2.05, 4.69) is 5.32 Å². The predicted molar refractivity (Wildman–Crippen MR) is 65.6 cm³/mol. The van der Waals surface area contributed by atoms with Gasteiger partial charge in [0.05, 0.1) is 6.61 Å². The summed E-state index contributed by atoms with van der Waals surface area (Å²) in [5.41, 5.74) is 1.89. The molecule has 1 aromatic rings. The van der Waals surface area contributed by atoms with Gasteiger partial charge in [-0.1, -0.05) is 12.1 Å². The molecule has 1 aromatic carbocycles. The molecule has 0 aromatic heterocycles. The maximum atomic E-state index is 13.7. The Balaban J connectivity index is 0.000000963. The first kappa shape index (κ1) is 11.9. The van der Waals surface area contributed by atoms with E-state index in [4.69, 9.17) is 4.74 Å². The van der Waals surface area contributed by atoms with Crippen molar-refractivity contribution in [3.8, 4) is 0 Å². The minimum Gasteiger partial charge on any atom is -0.371 e. The van der Waals surface area contributed by atoms with Crippen LogP contribution in [-0.4, -0.2) is 19.2 Å². The van der Waals surface area contributed by atoms with Gasteiger partial charge in [-0.3, -0.25) is 0 Å². The lowest BCUT2D eigenvalue weighted by Crippen LogP contribution is -2.49. The van der Waals surface area contributed by atoms with Crippen molar-refractivity contribution in [1.29, 1.82) is 0 Å². The number of hydrogen-bond donors (Lipinski definition) is 1. The second-order valence-electron chi connectivity index (χ2n) is 4.20. The maximum absolute atomic E-state index is 13.7. The molecule has 2 heterocycles. The van der Waals surface area contributed by atoms with Crippen LogP contribution in [0.3, 0.4) is 0 Å². The number of nitrogens with one attached hydrogen (secondary N) is 1. The largest absolute Gasteiger partial charge is 0.371 e. The van der Waals surface area contributed by atoms with Crippen molar-refractivity contribution in [2.45, 2.75) is 25.0 Å². The number of ether oxygens (including phenoxy) is 1. The molecule has 0 aliphatic carbocycles. The summed E-state index contributed by atoms with van der Waals surface area (Å²) in [5, 5.41) is 3.29. The number of hydrogen-bond acceptors (Lipinski definition) is 2. The number of benzene rings is 1. The standard InChI is InChI=1S/C12H14FNO.H2S/c13-9-3-1-2-8-5-7-15-12(11(8)9)10-4-6-14-10;/h1-3,10,12,14H,4-7H2;1H2. The molecule has 2 nitrogen and oxygen atoms in total. The number of fused-ring (bicyclic) bond motifs is 1. The van der Waals surface area contributed by atoms with E-state index in [1.54, 1.807) is 6.07 Å². The van der Waals surface area contributed by atoms with Gasteiger partial charge in [0.2, 0.25) is 0 Å². The van der Waals surface area contributed by atoms with Gasteiger partial charge in [-0.15, -0.1) is 0 Å². The molecule has 2 aliphatic rings. The van der Waals surface area contributed by atoms with Gasteiger partial charge in [-0.2, -0.15) is 13.5 Å². The lowest BCUT2D eigenvalue weighted by atomic mass is 9.88. The lowest BCUT2D eigenvalue weighted by Gasteiger charge is -2.38. The van der Waals surface area contributed by atoms with Crippen molar-refractivity contribution in [3.05, 3.63) is 35.1 Å². The Labute approximate surface area is 102 Å². The highest BCUT2D eigenvalue weighted by atomic mass is 32.1. The van der Waals surface area contributed by atoms with Crippen molar-refractivity contribution in [3.63, 3.8) is 0 Å². The Kier molecular flexibility index (Phi) is 3.52. The van der Waals surface area contributed by atoms with E-state index in [0.717, 1.165) is 30.5 Å². The highest BCUT2D eigenvalue weighted by Gasteiger charge is 2.34. The van der Waals surface area contributed by atoms with E-state index >= 15 is 0 Å².